The van der Waals surface area contributed by atoms with Crippen LogP contribution in [-0.2, 0) is 14.2 Å². The molecule has 9 heteroatoms. The molecule has 34 heavy (non-hydrogen) atoms. The van der Waals surface area contributed by atoms with Crippen LogP contribution < -0.4 is 15.7 Å². The number of carbonyl (C=O) groups excluding carboxylic acids is 1. The maximum Gasteiger partial charge on any atom is 0.349 e. The largest absolute Gasteiger partial charge is 0.491 e. The number of hydrogen-bond donors (Lipinski definition) is 1. The molecule has 0 spiro atoms. The fourth-order valence-electron chi connectivity index (χ4n) is 3.85. The van der Waals surface area contributed by atoms with Gasteiger partial charge >= 0.3 is 5.63 Å². The Hall–Kier alpha value is -2.98. The first kappa shape index (κ1) is 24.2. The zero-order valence-corrected chi connectivity index (χ0v) is 19.3. The second-order valence-electron chi connectivity index (χ2n) is 7.92. The van der Waals surface area contributed by atoms with Crippen LogP contribution >= 0.6 is 0 Å². The Balaban J connectivity index is 1.39. The van der Waals surface area contributed by atoms with E-state index in [-0.39, 0.29) is 11.5 Å². The lowest BCUT2D eigenvalue weighted by Crippen LogP contribution is -2.47. The highest BCUT2D eigenvalue weighted by Crippen LogP contribution is 2.28. The van der Waals surface area contributed by atoms with Gasteiger partial charge in [-0.3, -0.25) is 4.79 Å². The predicted molar refractivity (Wildman–Crippen MR) is 128 cm³/mol. The Labute approximate surface area is 197 Å². The molecule has 0 unspecified atom stereocenters. The van der Waals surface area contributed by atoms with Crippen LogP contribution in [0.1, 0.15) is 10.4 Å². The average Bonchev–Trinajstić information content (AvgIpc) is 2.87. The summed E-state index contributed by atoms with van der Waals surface area (Å²) in [6.45, 7) is 5.56. The van der Waals surface area contributed by atoms with Crippen molar-refractivity contribution < 1.29 is 28.2 Å². The van der Waals surface area contributed by atoms with E-state index in [1.54, 1.807) is 18.1 Å². The van der Waals surface area contributed by atoms with Crippen LogP contribution in [-0.4, -0.2) is 83.7 Å². The van der Waals surface area contributed by atoms with Crippen molar-refractivity contribution in [3.63, 3.8) is 0 Å². The quantitative estimate of drug-likeness (QED) is 0.258. The van der Waals surface area contributed by atoms with Crippen LogP contribution in [0.4, 0.5) is 0 Å². The zero-order chi connectivity index (χ0) is 23.8. The maximum atomic E-state index is 12.8. The summed E-state index contributed by atoms with van der Waals surface area (Å²) in [4.78, 5) is 27.1. The van der Waals surface area contributed by atoms with Crippen molar-refractivity contribution in [2.24, 2.45) is 0 Å². The van der Waals surface area contributed by atoms with Crippen molar-refractivity contribution in [1.29, 1.82) is 0 Å². The van der Waals surface area contributed by atoms with Crippen LogP contribution in [0.15, 0.2) is 45.6 Å². The van der Waals surface area contributed by atoms with Crippen LogP contribution in [0.25, 0.3) is 21.7 Å². The second kappa shape index (κ2) is 11.9. The Morgan fingerprint density at radius 1 is 0.941 bits per heavy atom. The maximum absolute atomic E-state index is 12.8. The lowest BCUT2D eigenvalue weighted by Gasteiger charge is -2.27. The van der Waals surface area contributed by atoms with E-state index in [4.69, 9.17) is 23.4 Å². The number of carbonyl (C=O) groups is 1. The van der Waals surface area contributed by atoms with Gasteiger partial charge in [0, 0.05) is 44.1 Å². The highest BCUT2D eigenvalue weighted by molar-refractivity contribution is 6.06. The van der Waals surface area contributed by atoms with Crippen LogP contribution in [0.5, 0.6) is 5.75 Å². The highest BCUT2D eigenvalue weighted by atomic mass is 16.6. The third-order valence-corrected chi connectivity index (χ3v) is 5.62. The Bertz CT molecular complexity index is 1170. The van der Waals surface area contributed by atoms with Gasteiger partial charge in [-0.15, -0.1) is 0 Å². The number of piperazine rings is 1. The van der Waals surface area contributed by atoms with E-state index in [2.05, 4.69) is 5.32 Å². The summed E-state index contributed by atoms with van der Waals surface area (Å²) in [5, 5.41) is 5.57. The third kappa shape index (κ3) is 5.92. The summed E-state index contributed by atoms with van der Waals surface area (Å²) in [5.41, 5.74) is -0.0901. The molecule has 9 nitrogen and oxygen atoms in total. The van der Waals surface area contributed by atoms with Gasteiger partial charge in [-0.25, -0.2) is 4.79 Å². The molecule has 182 valence electrons. The molecule has 1 aliphatic rings. The lowest BCUT2D eigenvalue weighted by molar-refractivity contribution is 0.0180. The molecular formula is C25H30N2O7. The molecule has 0 bridgehead atoms. The van der Waals surface area contributed by atoms with Gasteiger partial charge in [-0.2, -0.15) is 0 Å². The summed E-state index contributed by atoms with van der Waals surface area (Å²) in [6, 6.07) is 11.0. The van der Waals surface area contributed by atoms with Gasteiger partial charge in [0.1, 0.15) is 23.5 Å². The molecule has 2 heterocycles. The summed E-state index contributed by atoms with van der Waals surface area (Å²) in [5.74, 6) is 0.407. The third-order valence-electron chi connectivity index (χ3n) is 5.62. The smallest absolute Gasteiger partial charge is 0.349 e. The van der Waals surface area contributed by atoms with Gasteiger partial charge in [0.25, 0.3) is 5.91 Å². The Morgan fingerprint density at radius 3 is 2.41 bits per heavy atom. The summed E-state index contributed by atoms with van der Waals surface area (Å²) in [6.07, 6.45) is 0. The molecule has 1 fully saturated rings. The zero-order valence-electron chi connectivity index (χ0n) is 19.3. The van der Waals surface area contributed by atoms with E-state index in [9.17, 15) is 9.59 Å². The molecule has 1 N–H and O–H groups in total. The van der Waals surface area contributed by atoms with E-state index in [0.29, 0.717) is 69.4 Å². The minimum atomic E-state index is -0.618. The van der Waals surface area contributed by atoms with E-state index in [1.165, 1.54) is 0 Å². The summed E-state index contributed by atoms with van der Waals surface area (Å²) in [7, 11) is 1.63. The molecule has 0 saturated carbocycles. The van der Waals surface area contributed by atoms with Crippen molar-refractivity contribution in [2.75, 3.05) is 72.9 Å². The topological polar surface area (TPSA) is 99.5 Å². The minimum absolute atomic E-state index is 0.0674. The number of fused-ring (bicyclic) bond motifs is 3. The number of ether oxygens (including phenoxy) is 4. The molecule has 4 rings (SSSR count). The molecule has 1 saturated heterocycles. The molecule has 3 aromatic rings. The number of rotatable bonds is 11. The molecule has 0 atom stereocenters. The number of amides is 1. The lowest BCUT2D eigenvalue weighted by atomic mass is 10.1. The predicted octanol–water partition coefficient (Wildman–Crippen LogP) is 2.05. The number of nitrogens with one attached hydrogen (secondary N) is 1. The fourth-order valence-corrected chi connectivity index (χ4v) is 3.85. The van der Waals surface area contributed by atoms with E-state index >= 15 is 0 Å². The van der Waals surface area contributed by atoms with E-state index in [0.717, 1.165) is 23.9 Å². The van der Waals surface area contributed by atoms with Crippen molar-refractivity contribution in [1.82, 2.24) is 10.2 Å². The molecule has 0 aliphatic carbocycles. The number of nitrogens with zero attached hydrogens (tertiary/aromatic N) is 1. The number of methoxy groups -OCH3 is 1. The van der Waals surface area contributed by atoms with Crippen molar-refractivity contribution in [3.8, 4) is 5.75 Å². The first-order valence-electron chi connectivity index (χ1n) is 11.5. The SMILES string of the molecule is COCCOCCOCCOc1ccc2c(ccc3cc(C(=O)N4CCNCC4)c(=O)oc32)c1. The molecule has 2 aromatic carbocycles. The fraction of sp³-hybridized carbons (Fsp3) is 0.440. The first-order valence-corrected chi connectivity index (χ1v) is 11.5. The van der Waals surface area contributed by atoms with E-state index < -0.39 is 5.63 Å². The van der Waals surface area contributed by atoms with E-state index in [1.807, 2.05) is 30.3 Å². The Morgan fingerprint density at radius 2 is 1.65 bits per heavy atom. The van der Waals surface area contributed by atoms with Gasteiger partial charge in [0.15, 0.2) is 0 Å². The molecule has 1 aliphatic heterocycles. The van der Waals surface area contributed by atoms with Gasteiger partial charge in [0.05, 0.1) is 33.0 Å². The number of hydrogen-bond acceptors (Lipinski definition) is 8. The Kier molecular flexibility index (Phi) is 8.48. The van der Waals surface area contributed by atoms with Gasteiger partial charge in [0.2, 0.25) is 0 Å². The molecule has 1 amide bonds. The standard InChI is InChI=1S/C25H30N2O7/c1-30-10-11-31-12-13-32-14-15-33-20-4-5-21-18(16-20)2-3-19-17-22(25(29)34-23(19)21)24(28)27-8-6-26-7-9-27/h2-5,16-17,26H,6-15H2,1H3. The van der Waals surface area contributed by atoms with Crippen LogP contribution in [0.2, 0.25) is 0 Å². The summed E-state index contributed by atoms with van der Waals surface area (Å²) >= 11 is 0. The first-order chi connectivity index (χ1) is 16.7. The second-order valence-corrected chi connectivity index (χ2v) is 7.92. The van der Waals surface area contributed by atoms with Gasteiger partial charge in [-0.05, 0) is 29.7 Å². The van der Waals surface area contributed by atoms with Gasteiger partial charge in [-0.1, -0.05) is 12.1 Å². The number of benzene rings is 2. The molecule has 0 radical (unpaired) electrons. The highest BCUT2D eigenvalue weighted by Gasteiger charge is 2.22. The van der Waals surface area contributed by atoms with Gasteiger partial charge < -0.3 is 33.6 Å². The summed E-state index contributed by atoms with van der Waals surface area (Å²) < 4.78 is 27.1. The van der Waals surface area contributed by atoms with Crippen LogP contribution in [0, 0.1) is 0 Å². The van der Waals surface area contributed by atoms with Crippen molar-refractivity contribution in [2.45, 2.75) is 0 Å². The molecule has 1 aromatic heterocycles. The van der Waals surface area contributed by atoms with Crippen molar-refractivity contribution in [3.05, 3.63) is 52.4 Å². The average molecular weight is 471 g/mol. The molecular weight excluding hydrogens is 440 g/mol. The normalized spacial score (nSPS) is 14.1. The van der Waals surface area contributed by atoms with Crippen LogP contribution in [0.3, 0.4) is 0 Å². The minimum Gasteiger partial charge on any atom is -0.491 e. The monoisotopic (exact) mass is 470 g/mol. The van der Waals surface area contributed by atoms with Crippen molar-refractivity contribution >= 4 is 27.6 Å².